The lowest BCUT2D eigenvalue weighted by Gasteiger charge is -2.36. The molecule has 5 heteroatoms. The van der Waals surface area contributed by atoms with Crippen LogP contribution in [0.25, 0.3) is 0 Å². The van der Waals surface area contributed by atoms with Gasteiger partial charge in [-0.3, -0.25) is 9.88 Å². The van der Waals surface area contributed by atoms with Crippen LogP contribution in [0.4, 0.5) is 5.69 Å². The van der Waals surface area contributed by atoms with Crippen LogP contribution in [0, 0.1) is 0 Å². The molecule has 2 aromatic rings. The van der Waals surface area contributed by atoms with Crippen LogP contribution in [0.5, 0.6) is 0 Å². The maximum absolute atomic E-state index is 6.09. The second-order valence-electron chi connectivity index (χ2n) is 6.19. The lowest BCUT2D eigenvalue weighted by Crippen LogP contribution is -2.47. The van der Waals surface area contributed by atoms with E-state index in [1.165, 1.54) is 17.7 Å². The van der Waals surface area contributed by atoms with E-state index in [2.05, 4.69) is 44.4 Å². The van der Waals surface area contributed by atoms with E-state index in [-0.39, 0.29) is 0 Å². The molecule has 0 saturated carbocycles. The first-order valence-electron chi connectivity index (χ1n) is 8.64. The molecule has 128 valence electrons. The summed E-state index contributed by atoms with van der Waals surface area (Å²) < 4.78 is 0. The van der Waals surface area contributed by atoms with Gasteiger partial charge in [0.1, 0.15) is 0 Å². The minimum atomic E-state index is 0.815. The van der Waals surface area contributed by atoms with Gasteiger partial charge in [-0.1, -0.05) is 17.7 Å². The molecule has 0 unspecified atom stereocenters. The second kappa shape index (κ2) is 9.02. The minimum Gasteiger partial charge on any atom is -0.369 e. The highest BCUT2D eigenvalue weighted by molar-refractivity contribution is 6.30. The number of benzene rings is 1. The third kappa shape index (κ3) is 5.20. The van der Waals surface area contributed by atoms with Gasteiger partial charge in [0.15, 0.2) is 0 Å². The van der Waals surface area contributed by atoms with Crippen LogP contribution >= 0.6 is 11.6 Å². The first-order valence-corrected chi connectivity index (χ1v) is 9.01. The standard InChI is InChI=1S/C19H25ClN4/c20-18-3-1-4-19(15-18)24-13-11-23(12-14-24)10-2-7-22-16-17-5-8-21-9-6-17/h1,3-6,8-9,15,22H,2,7,10-14,16H2. The fraction of sp³-hybridized carbons (Fsp3) is 0.421. The van der Waals surface area contributed by atoms with Crippen molar-refractivity contribution in [3.05, 3.63) is 59.4 Å². The Hall–Kier alpha value is -1.62. The van der Waals surface area contributed by atoms with Crippen LogP contribution in [-0.4, -0.2) is 49.2 Å². The zero-order chi connectivity index (χ0) is 16.6. The molecule has 0 atom stereocenters. The molecule has 1 N–H and O–H groups in total. The van der Waals surface area contributed by atoms with Gasteiger partial charge in [0.2, 0.25) is 0 Å². The minimum absolute atomic E-state index is 0.815. The van der Waals surface area contributed by atoms with Crippen molar-refractivity contribution in [3.8, 4) is 0 Å². The lowest BCUT2D eigenvalue weighted by molar-refractivity contribution is 0.254. The molecular weight excluding hydrogens is 320 g/mol. The lowest BCUT2D eigenvalue weighted by atomic mass is 10.2. The molecule has 0 spiro atoms. The normalized spacial score (nSPS) is 15.6. The molecule has 4 nitrogen and oxygen atoms in total. The molecule has 0 amide bonds. The van der Waals surface area contributed by atoms with Gasteiger partial charge in [0, 0.05) is 55.8 Å². The Morgan fingerprint density at radius 1 is 1.04 bits per heavy atom. The van der Waals surface area contributed by atoms with Crippen molar-refractivity contribution in [2.45, 2.75) is 13.0 Å². The largest absolute Gasteiger partial charge is 0.369 e. The molecular formula is C19H25ClN4. The number of hydrogen-bond donors (Lipinski definition) is 1. The van der Waals surface area contributed by atoms with E-state index >= 15 is 0 Å². The number of nitrogens with zero attached hydrogens (tertiary/aromatic N) is 3. The molecule has 3 rings (SSSR count). The Labute approximate surface area is 149 Å². The Morgan fingerprint density at radius 2 is 1.83 bits per heavy atom. The first-order chi connectivity index (χ1) is 11.8. The molecule has 1 saturated heterocycles. The van der Waals surface area contributed by atoms with E-state index in [0.29, 0.717) is 0 Å². The maximum Gasteiger partial charge on any atom is 0.0426 e. The highest BCUT2D eigenvalue weighted by atomic mass is 35.5. The van der Waals surface area contributed by atoms with Crippen molar-refractivity contribution >= 4 is 17.3 Å². The third-order valence-corrected chi connectivity index (χ3v) is 4.69. The molecule has 2 heterocycles. The van der Waals surface area contributed by atoms with E-state index < -0.39 is 0 Å². The quantitative estimate of drug-likeness (QED) is 0.782. The number of rotatable bonds is 7. The summed E-state index contributed by atoms with van der Waals surface area (Å²) in [6.45, 7) is 7.53. The van der Waals surface area contributed by atoms with E-state index in [1.54, 1.807) is 0 Å². The number of hydrogen-bond acceptors (Lipinski definition) is 4. The van der Waals surface area contributed by atoms with Crippen LogP contribution in [0.1, 0.15) is 12.0 Å². The SMILES string of the molecule is Clc1cccc(N2CCN(CCCNCc3ccncc3)CC2)c1. The fourth-order valence-corrected chi connectivity index (χ4v) is 3.25. The number of nitrogens with one attached hydrogen (secondary N) is 1. The van der Waals surface area contributed by atoms with Crippen LogP contribution in [0.3, 0.4) is 0 Å². The molecule has 1 aliphatic heterocycles. The molecule has 1 aliphatic rings. The van der Waals surface area contributed by atoms with Crippen molar-refractivity contribution in [3.63, 3.8) is 0 Å². The highest BCUT2D eigenvalue weighted by Crippen LogP contribution is 2.20. The average molecular weight is 345 g/mol. The summed E-state index contributed by atoms with van der Waals surface area (Å²) in [6.07, 6.45) is 4.87. The van der Waals surface area contributed by atoms with Gasteiger partial charge in [0.25, 0.3) is 0 Å². The zero-order valence-corrected chi connectivity index (χ0v) is 14.8. The fourth-order valence-electron chi connectivity index (χ4n) is 3.06. The van der Waals surface area contributed by atoms with Gasteiger partial charge in [-0.2, -0.15) is 0 Å². The third-order valence-electron chi connectivity index (χ3n) is 4.45. The van der Waals surface area contributed by atoms with E-state index in [1.807, 2.05) is 24.5 Å². The predicted octanol–water partition coefficient (Wildman–Crippen LogP) is 3.04. The Kier molecular flexibility index (Phi) is 6.47. The van der Waals surface area contributed by atoms with Crippen LogP contribution in [0.2, 0.25) is 5.02 Å². The number of pyridine rings is 1. The van der Waals surface area contributed by atoms with Gasteiger partial charge in [0.05, 0.1) is 0 Å². The zero-order valence-electron chi connectivity index (χ0n) is 14.0. The first kappa shape index (κ1) is 17.2. The Bertz CT molecular complexity index is 612. The van der Waals surface area contributed by atoms with E-state index in [0.717, 1.165) is 50.8 Å². The maximum atomic E-state index is 6.09. The summed E-state index contributed by atoms with van der Waals surface area (Å²) in [5, 5.41) is 4.32. The van der Waals surface area contributed by atoms with Gasteiger partial charge < -0.3 is 10.2 Å². The monoisotopic (exact) mass is 344 g/mol. The smallest absolute Gasteiger partial charge is 0.0426 e. The molecule has 0 aliphatic carbocycles. The van der Waals surface area contributed by atoms with Crippen LogP contribution < -0.4 is 10.2 Å². The predicted molar refractivity (Wildman–Crippen MR) is 101 cm³/mol. The van der Waals surface area contributed by atoms with Crippen LogP contribution in [-0.2, 0) is 6.54 Å². The van der Waals surface area contributed by atoms with Gasteiger partial charge in [-0.25, -0.2) is 0 Å². The summed E-state index contributed by atoms with van der Waals surface area (Å²) in [7, 11) is 0. The summed E-state index contributed by atoms with van der Waals surface area (Å²) in [6, 6.07) is 12.3. The summed E-state index contributed by atoms with van der Waals surface area (Å²) in [5.41, 5.74) is 2.53. The van der Waals surface area contributed by atoms with Gasteiger partial charge in [-0.15, -0.1) is 0 Å². The van der Waals surface area contributed by atoms with Crippen LogP contribution in [0.15, 0.2) is 48.8 Å². The van der Waals surface area contributed by atoms with Crippen molar-refractivity contribution in [1.29, 1.82) is 0 Å². The average Bonchev–Trinajstić information content (AvgIpc) is 2.63. The summed E-state index contributed by atoms with van der Waals surface area (Å²) in [5.74, 6) is 0. The number of halogens is 1. The van der Waals surface area contributed by atoms with Crippen molar-refractivity contribution in [2.75, 3.05) is 44.2 Å². The van der Waals surface area contributed by atoms with Gasteiger partial charge >= 0.3 is 0 Å². The summed E-state index contributed by atoms with van der Waals surface area (Å²) in [4.78, 5) is 9.01. The molecule has 1 fully saturated rings. The molecule has 1 aromatic carbocycles. The van der Waals surface area contributed by atoms with E-state index in [9.17, 15) is 0 Å². The molecule has 1 aromatic heterocycles. The number of piperazine rings is 1. The van der Waals surface area contributed by atoms with Crippen molar-refractivity contribution in [1.82, 2.24) is 15.2 Å². The highest BCUT2D eigenvalue weighted by Gasteiger charge is 2.16. The topological polar surface area (TPSA) is 31.4 Å². The molecule has 0 bridgehead atoms. The molecule has 24 heavy (non-hydrogen) atoms. The summed E-state index contributed by atoms with van der Waals surface area (Å²) >= 11 is 6.09. The molecule has 0 radical (unpaired) electrons. The van der Waals surface area contributed by atoms with E-state index in [4.69, 9.17) is 11.6 Å². The van der Waals surface area contributed by atoms with Gasteiger partial charge in [-0.05, 0) is 55.4 Å². The van der Waals surface area contributed by atoms with Crippen molar-refractivity contribution < 1.29 is 0 Å². The second-order valence-corrected chi connectivity index (χ2v) is 6.63. The number of aromatic nitrogens is 1. The Morgan fingerprint density at radius 3 is 2.58 bits per heavy atom. The Balaban J connectivity index is 1.31. The van der Waals surface area contributed by atoms with Crippen molar-refractivity contribution in [2.24, 2.45) is 0 Å². The number of anilines is 1.